The van der Waals surface area contributed by atoms with Gasteiger partial charge < -0.3 is 10.7 Å². The Morgan fingerprint density at radius 1 is 1.25 bits per heavy atom. The topological polar surface area (TPSA) is 75.9 Å². The van der Waals surface area contributed by atoms with E-state index in [0.29, 0.717) is 11.1 Å². The number of hydrazine groups is 1. The number of nitrogens with zero attached hydrogens (tertiary/aromatic N) is 2. The van der Waals surface area contributed by atoms with E-state index < -0.39 is 0 Å². The summed E-state index contributed by atoms with van der Waals surface area (Å²) in [5, 5.41) is 4.04. The van der Waals surface area contributed by atoms with Crippen LogP contribution in [0.25, 0.3) is 0 Å². The molecule has 0 amide bonds. The second-order valence-corrected chi connectivity index (χ2v) is 7.30. The summed E-state index contributed by atoms with van der Waals surface area (Å²) >= 11 is 1.87. The lowest BCUT2D eigenvalue weighted by atomic mass is 9.95. The van der Waals surface area contributed by atoms with Crippen molar-refractivity contribution >= 4 is 23.4 Å². The smallest absolute Gasteiger partial charge is 0.148 e. The van der Waals surface area contributed by atoms with Crippen molar-refractivity contribution in [3.63, 3.8) is 0 Å². The van der Waals surface area contributed by atoms with Gasteiger partial charge in [0.05, 0.1) is 0 Å². The molecule has 0 aliphatic heterocycles. The summed E-state index contributed by atoms with van der Waals surface area (Å²) in [5.74, 6) is 7.90. The number of hydrogen-bond donors (Lipinski definition) is 3. The molecule has 5 nitrogen and oxygen atoms in total. The number of nitrogens with two attached hydrogens (primary N) is 1. The van der Waals surface area contributed by atoms with Gasteiger partial charge in [-0.1, -0.05) is 27.7 Å². The first kappa shape index (κ1) is 17.0. The molecule has 0 aliphatic rings. The average Bonchev–Trinajstić information content (AvgIpc) is 2.39. The van der Waals surface area contributed by atoms with Crippen LogP contribution in [-0.4, -0.2) is 28.0 Å². The molecule has 0 saturated carbocycles. The van der Waals surface area contributed by atoms with Crippen molar-refractivity contribution in [2.24, 2.45) is 5.84 Å². The molecule has 0 fully saturated rings. The molecule has 0 spiro atoms. The highest BCUT2D eigenvalue weighted by atomic mass is 32.2. The third-order valence-electron chi connectivity index (χ3n) is 3.20. The van der Waals surface area contributed by atoms with Crippen LogP contribution in [0.2, 0.25) is 0 Å². The lowest BCUT2D eigenvalue weighted by molar-refractivity contribution is 0.546. The Balaban J connectivity index is 2.94. The van der Waals surface area contributed by atoms with Crippen LogP contribution in [0, 0.1) is 6.92 Å². The standard InChI is InChI=1S/C14H27N5S/c1-9(20-6)7-8-16-11-10(2)12(19-15)18-13(17-11)14(3,4)5/h9H,7-8,15H2,1-6H3,(H2,16,17,18,19). The van der Waals surface area contributed by atoms with Crippen LogP contribution in [0.5, 0.6) is 0 Å². The summed E-state index contributed by atoms with van der Waals surface area (Å²) in [6, 6.07) is 0. The number of aromatic nitrogens is 2. The Bertz CT molecular complexity index is 442. The van der Waals surface area contributed by atoms with E-state index in [4.69, 9.17) is 5.84 Å². The zero-order valence-corrected chi connectivity index (χ0v) is 14.2. The second kappa shape index (κ2) is 7.13. The number of rotatable bonds is 6. The van der Waals surface area contributed by atoms with E-state index in [9.17, 15) is 0 Å². The fourth-order valence-corrected chi connectivity index (χ4v) is 2.03. The van der Waals surface area contributed by atoms with Gasteiger partial charge >= 0.3 is 0 Å². The van der Waals surface area contributed by atoms with Crippen LogP contribution in [0.1, 0.15) is 45.5 Å². The van der Waals surface area contributed by atoms with Crippen LogP contribution >= 0.6 is 11.8 Å². The van der Waals surface area contributed by atoms with Crippen LogP contribution in [0.4, 0.5) is 11.6 Å². The highest BCUT2D eigenvalue weighted by Gasteiger charge is 2.20. The van der Waals surface area contributed by atoms with E-state index >= 15 is 0 Å². The van der Waals surface area contributed by atoms with Crippen molar-refractivity contribution in [3.8, 4) is 0 Å². The van der Waals surface area contributed by atoms with Crippen LogP contribution in [-0.2, 0) is 5.41 Å². The number of hydrogen-bond acceptors (Lipinski definition) is 6. The van der Waals surface area contributed by atoms with Crippen molar-refractivity contribution in [3.05, 3.63) is 11.4 Å². The lowest BCUT2D eigenvalue weighted by Crippen LogP contribution is -2.22. The molecule has 114 valence electrons. The Morgan fingerprint density at radius 3 is 2.35 bits per heavy atom. The van der Waals surface area contributed by atoms with E-state index in [1.807, 2.05) is 18.7 Å². The first-order valence-corrected chi connectivity index (χ1v) is 8.20. The average molecular weight is 297 g/mol. The molecule has 6 heteroatoms. The van der Waals surface area contributed by atoms with Gasteiger partial charge in [-0.2, -0.15) is 11.8 Å². The van der Waals surface area contributed by atoms with Crippen molar-refractivity contribution in [2.45, 2.75) is 51.7 Å². The largest absolute Gasteiger partial charge is 0.370 e. The predicted octanol–water partition coefficient (Wildman–Crippen LogP) is 2.92. The summed E-state index contributed by atoms with van der Waals surface area (Å²) < 4.78 is 0. The van der Waals surface area contributed by atoms with Crippen molar-refractivity contribution in [1.82, 2.24) is 9.97 Å². The lowest BCUT2D eigenvalue weighted by Gasteiger charge is -2.21. The van der Waals surface area contributed by atoms with E-state index in [2.05, 4.69) is 54.7 Å². The van der Waals surface area contributed by atoms with Gasteiger partial charge in [0.2, 0.25) is 0 Å². The van der Waals surface area contributed by atoms with Gasteiger partial charge in [0, 0.05) is 22.8 Å². The maximum atomic E-state index is 5.56. The van der Waals surface area contributed by atoms with Gasteiger partial charge in [-0.15, -0.1) is 0 Å². The summed E-state index contributed by atoms with van der Waals surface area (Å²) in [4.78, 5) is 9.14. The zero-order chi connectivity index (χ0) is 15.3. The number of anilines is 2. The van der Waals surface area contributed by atoms with Gasteiger partial charge in [-0.3, -0.25) is 0 Å². The minimum absolute atomic E-state index is 0.109. The van der Waals surface area contributed by atoms with Crippen molar-refractivity contribution in [2.75, 3.05) is 23.5 Å². The van der Waals surface area contributed by atoms with E-state index in [1.165, 1.54) is 0 Å². The van der Waals surface area contributed by atoms with E-state index in [1.54, 1.807) is 0 Å². The Hall–Kier alpha value is -1.01. The third kappa shape index (κ3) is 4.52. The first-order valence-electron chi connectivity index (χ1n) is 6.92. The molecule has 1 rings (SSSR count). The number of nitrogen functional groups attached to an aromatic ring is 1. The predicted molar refractivity (Wildman–Crippen MR) is 89.4 cm³/mol. The maximum absolute atomic E-state index is 5.56. The summed E-state index contributed by atoms with van der Waals surface area (Å²) in [6.07, 6.45) is 3.23. The highest BCUT2D eigenvalue weighted by molar-refractivity contribution is 7.99. The van der Waals surface area contributed by atoms with Gasteiger partial charge in [-0.25, -0.2) is 15.8 Å². The van der Waals surface area contributed by atoms with Gasteiger partial charge in [0.25, 0.3) is 0 Å². The minimum Gasteiger partial charge on any atom is -0.370 e. The monoisotopic (exact) mass is 297 g/mol. The molecule has 0 aromatic carbocycles. The molecular weight excluding hydrogens is 270 g/mol. The highest BCUT2D eigenvalue weighted by Crippen LogP contribution is 2.25. The minimum atomic E-state index is -0.109. The molecule has 0 bridgehead atoms. The molecule has 1 aromatic heterocycles. The molecule has 0 radical (unpaired) electrons. The van der Waals surface area contributed by atoms with Crippen LogP contribution in [0.15, 0.2) is 0 Å². The van der Waals surface area contributed by atoms with E-state index in [-0.39, 0.29) is 5.41 Å². The number of nitrogens with one attached hydrogen (secondary N) is 2. The Morgan fingerprint density at radius 2 is 1.85 bits per heavy atom. The van der Waals surface area contributed by atoms with Crippen molar-refractivity contribution in [1.29, 1.82) is 0 Å². The SMILES string of the molecule is CSC(C)CCNc1nc(C(C)(C)C)nc(NN)c1C. The molecule has 4 N–H and O–H groups in total. The molecule has 1 unspecified atom stereocenters. The second-order valence-electron chi connectivity index (χ2n) is 6.03. The van der Waals surface area contributed by atoms with Gasteiger partial charge in [0.1, 0.15) is 17.5 Å². The number of thioether (sulfide) groups is 1. The van der Waals surface area contributed by atoms with Gasteiger partial charge in [-0.05, 0) is 19.6 Å². The first-order chi connectivity index (χ1) is 9.29. The van der Waals surface area contributed by atoms with Crippen molar-refractivity contribution < 1.29 is 0 Å². The molecule has 20 heavy (non-hydrogen) atoms. The molecule has 1 atom stereocenters. The van der Waals surface area contributed by atoms with Crippen LogP contribution in [0.3, 0.4) is 0 Å². The van der Waals surface area contributed by atoms with Crippen LogP contribution < -0.4 is 16.6 Å². The fourth-order valence-electron chi connectivity index (χ4n) is 1.68. The molecule has 1 heterocycles. The molecular formula is C14H27N5S. The van der Waals surface area contributed by atoms with Gasteiger partial charge in [0.15, 0.2) is 0 Å². The Kier molecular flexibility index (Phi) is 6.07. The maximum Gasteiger partial charge on any atom is 0.148 e. The Labute approximate surface area is 126 Å². The zero-order valence-electron chi connectivity index (χ0n) is 13.4. The molecule has 1 aromatic rings. The van der Waals surface area contributed by atoms with E-state index in [0.717, 1.165) is 30.2 Å². The quantitative estimate of drug-likeness (QED) is 0.554. The summed E-state index contributed by atoms with van der Waals surface area (Å²) in [6.45, 7) is 11.4. The molecule has 0 saturated heterocycles. The molecule has 0 aliphatic carbocycles. The summed E-state index contributed by atoms with van der Waals surface area (Å²) in [7, 11) is 0. The third-order valence-corrected chi connectivity index (χ3v) is 4.24. The normalized spacial score (nSPS) is 13.2. The summed E-state index contributed by atoms with van der Waals surface area (Å²) in [5.41, 5.74) is 3.51. The fraction of sp³-hybridized carbons (Fsp3) is 0.714.